The predicted octanol–water partition coefficient (Wildman–Crippen LogP) is 2.39. The number of nitrogens with one attached hydrogen (secondary N) is 1. The normalized spacial score (nSPS) is 18.6. The number of rotatable bonds is 5. The highest BCUT2D eigenvalue weighted by molar-refractivity contribution is 7.91. The van der Waals surface area contributed by atoms with Gasteiger partial charge >= 0.3 is 0 Å². The van der Waals surface area contributed by atoms with Crippen molar-refractivity contribution in [1.29, 1.82) is 0 Å². The molecule has 0 amide bonds. The third-order valence-corrected chi connectivity index (χ3v) is 6.07. The maximum absolute atomic E-state index is 12.4. The van der Waals surface area contributed by atoms with E-state index in [0.29, 0.717) is 10.9 Å². The van der Waals surface area contributed by atoms with E-state index in [0.717, 1.165) is 18.4 Å². The second-order valence-electron chi connectivity index (χ2n) is 6.45. The lowest BCUT2D eigenvalue weighted by molar-refractivity contribution is 0.441. The summed E-state index contributed by atoms with van der Waals surface area (Å²) >= 11 is 0. The first kappa shape index (κ1) is 17.8. The molecule has 1 aromatic rings. The van der Waals surface area contributed by atoms with Gasteiger partial charge in [0.25, 0.3) is 0 Å². The molecule has 6 heteroatoms. The molecular formula is C17H27N3O2S. The lowest BCUT2D eigenvalue weighted by Gasteiger charge is -2.20. The Kier molecular flexibility index (Phi) is 6.04. The summed E-state index contributed by atoms with van der Waals surface area (Å²) in [6, 6.07) is 6.91. The van der Waals surface area contributed by atoms with Crippen molar-refractivity contribution in [2.45, 2.75) is 62.9 Å². The first-order chi connectivity index (χ1) is 10.9. The highest BCUT2D eigenvalue weighted by Gasteiger charge is 2.19. The molecule has 3 N–H and O–H groups in total. The van der Waals surface area contributed by atoms with Crippen LogP contribution in [0.1, 0.15) is 44.6 Å². The molecule has 0 radical (unpaired) electrons. The zero-order chi connectivity index (χ0) is 16.9. The average Bonchev–Trinajstić information content (AvgIpc) is 2.47. The summed E-state index contributed by atoms with van der Waals surface area (Å²) in [4.78, 5) is 4.83. The first-order valence-corrected chi connectivity index (χ1v) is 9.91. The molecule has 23 heavy (non-hydrogen) atoms. The summed E-state index contributed by atoms with van der Waals surface area (Å²) in [6.45, 7) is 3.75. The van der Waals surface area contributed by atoms with Gasteiger partial charge in [0.15, 0.2) is 15.8 Å². The molecule has 1 aromatic carbocycles. The minimum absolute atomic E-state index is 0.00303. The van der Waals surface area contributed by atoms with Crippen LogP contribution in [0, 0.1) is 6.92 Å². The van der Waals surface area contributed by atoms with E-state index in [1.165, 1.54) is 19.3 Å². The van der Waals surface area contributed by atoms with Crippen LogP contribution in [-0.4, -0.2) is 32.2 Å². The minimum Gasteiger partial charge on any atom is -0.370 e. The highest BCUT2D eigenvalue weighted by atomic mass is 32.2. The lowest BCUT2D eigenvalue weighted by Crippen LogP contribution is -2.42. The molecule has 0 aromatic heterocycles. The zero-order valence-electron chi connectivity index (χ0n) is 14.0. The highest BCUT2D eigenvalue weighted by Crippen LogP contribution is 2.20. The molecule has 128 valence electrons. The molecule has 1 aliphatic carbocycles. The van der Waals surface area contributed by atoms with E-state index in [2.05, 4.69) is 10.3 Å². The fourth-order valence-electron chi connectivity index (χ4n) is 2.91. The molecule has 2 rings (SSSR count). The second kappa shape index (κ2) is 7.81. The van der Waals surface area contributed by atoms with Crippen LogP contribution in [0.4, 0.5) is 0 Å². The van der Waals surface area contributed by atoms with E-state index in [9.17, 15) is 8.42 Å². The van der Waals surface area contributed by atoms with E-state index in [1.54, 1.807) is 12.1 Å². The van der Waals surface area contributed by atoms with Crippen molar-refractivity contribution >= 4 is 15.8 Å². The third-order valence-electron chi connectivity index (χ3n) is 4.14. The zero-order valence-corrected chi connectivity index (χ0v) is 14.8. The van der Waals surface area contributed by atoms with E-state index in [-0.39, 0.29) is 17.8 Å². The largest absolute Gasteiger partial charge is 0.370 e. The van der Waals surface area contributed by atoms with Crippen LogP contribution in [0.2, 0.25) is 0 Å². The number of nitrogens with zero attached hydrogens (tertiary/aromatic N) is 1. The van der Waals surface area contributed by atoms with Gasteiger partial charge in [0.05, 0.1) is 16.7 Å². The van der Waals surface area contributed by atoms with Gasteiger partial charge in [-0.15, -0.1) is 0 Å². The van der Waals surface area contributed by atoms with Gasteiger partial charge < -0.3 is 11.1 Å². The number of aliphatic imine (C=N–C) groups is 1. The van der Waals surface area contributed by atoms with E-state index in [1.807, 2.05) is 26.0 Å². The standard InChI is InChI=1S/C17H27N3O2S/c1-13-8-10-16(11-9-13)23(21,22)12-14(2)19-17(18)20-15-6-4-3-5-7-15/h8-11,14-15H,3-7,12H2,1-2H3,(H3,18,19,20). The molecule has 1 atom stereocenters. The third kappa shape index (κ3) is 5.53. The van der Waals surface area contributed by atoms with Gasteiger partial charge in [-0.25, -0.2) is 8.42 Å². The van der Waals surface area contributed by atoms with Gasteiger partial charge in [-0.1, -0.05) is 37.0 Å². The Bertz CT molecular complexity index is 632. The van der Waals surface area contributed by atoms with Crippen LogP contribution in [0.25, 0.3) is 0 Å². The van der Waals surface area contributed by atoms with Crippen molar-refractivity contribution in [2.75, 3.05) is 5.75 Å². The maximum atomic E-state index is 12.4. The second-order valence-corrected chi connectivity index (χ2v) is 8.48. The molecule has 0 aliphatic heterocycles. The van der Waals surface area contributed by atoms with Crippen molar-refractivity contribution in [1.82, 2.24) is 5.32 Å². The van der Waals surface area contributed by atoms with Crippen molar-refractivity contribution in [3.05, 3.63) is 29.8 Å². The van der Waals surface area contributed by atoms with Gasteiger partial charge in [0.1, 0.15) is 0 Å². The SMILES string of the molecule is Cc1ccc(S(=O)(=O)CC(C)NC(N)=NC2CCCCC2)cc1. The molecule has 1 fully saturated rings. The van der Waals surface area contributed by atoms with Crippen LogP contribution in [0.15, 0.2) is 34.2 Å². The molecule has 1 unspecified atom stereocenters. The van der Waals surface area contributed by atoms with Crippen LogP contribution < -0.4 is 11.1 Å². The predicted molar refractivity (Wildman–Crippen MR) is 94.3 cm³/mol. The van der Waals surface area contributed by atoms with Gasteiger partial charge in [-0.2, -0.15) is 0 Å². The van der Waals surface area contributed by atoms with Crippen molar-refractivity contribution in [3.63, 3.8) is 0 Å². The van der Waals surface area contributed by atoms with Crippen LogP contribution in [0.3, 0.4) is 0 Å². The van der Waals surface area contributed by atoms with E-state index >= 15 is 0 Å². The summed E-state index contributed by atoms with van der Waals surface area (Å²) in [7, 11) is -3.33. The number of hydrogen-bond donors (Lipinski definition) is 2. The molecular weight excluding hydrogens is 310 g/mol. The topological polar surface area (TPSA) is 84.5 Å². The molecule has 0 bridgehead atoms. The van der Waals surface area contributed by atoms with E-state index in [4.69, 9.17) is 5.73 Å². The van der Waals surface area contributed by atoms with Crippen molar-refractivity contribution < 1.29 is 8.42 Å². The summed E-state index contributed by atoms with van der Waals surface area (Å²) < 4.78 is 24.8. The van der Waals surface area contributed by atoms with Crippen LogP contribution >= 0.6 is 0 Å². The van der Waals surface area contributed by atoms with Gasteiger partial charge in [-0.05, 0) is 38.8 Å². The van der Waals surface area contributed by atoms with Gasteiger partial charge in [0, 0.05) is 6.04 Å². The summed E-state index contributed by atoms with van der Waals surface area (Å²) in [5.74, 6) is 0.347. The van der Waals surface area contributed by atoms with Crippen LogP contribution in [0.5, 0.6) is 0 Å². The molecule has 0 spiro atoms. The lowest BCUT2D eigenvalue weighted by atomic mass is 9.96. The minimum atomic E-state index is -3.33. The number of benzene rings is 1. The number of hydrogen-bond acceptors (Lipinski definition) is 3. The smallest absolute Gasteiger partial charge is 0.189 e. The average molecular weight is 337 g/mol. The van der Waals surface area contributed by atoms with E-state index < -0.39 is 9.84 Å². The summed E-state index contributed by atoms with van der Waals surface area (Å²) in [5, 5.41) is 3.01. The Morgan fingerprint density at radius 3 is 2.48 bits per heavy atom. The number of aryl methyl sites for hydroxylation is 1. The number of guanidine groups is 1. The summed E-state index contributed by atoms with van der Waals surface area (Å²) in [5.41, 5.74) is 6.97. The monoisotopic (exact) mass is 337 g/mol. The molecule has 0 heterocycles. The number of sulfone groups is 1. The van der Waals surface area contributed by atoms with Crippen LogP contribution in [-0.2, 0) is 9.84 Å². The van der Waals surface area contributed by atoms with Crippen molar-refractivity contribution in [2.24, 2.45) is 10.7 Å². The molecule has 1 aliphatic rings. The Morgan fingerprint density at radius 1 is 1.26 bits per heavy atom. The Labute approximate surface area is 139 Å². The Hall–Kier alpha value is -1.56. The Morgan fingerprint density at radius 2 is 1.87 bits per heavy atom. The quantitative estimate of drug-likeness (QED) is 0.638. The Balaban J connectivity index is 1.93. The first-order valence-electron chi connectivity index (χ1n) is 8.26. The molecule has 5 nitrogen and oxygen atoms in total. The summed E-state index contributed by atoms with van der Waals surface area (Å²) in [6.07, 6.45) is 5.79. The maximum Gasteiger partial charge on any atom is 0.189 e. The van der Waals surface area contributed by atoms with Crippen molar-refractivity contribution in [3.8, 4) is 0 Å². The van der Waals surface area contributed by atoms with Gasteiger partial charge in [-0.3, -0.25) is 4.99 Å². The molecule has 1 saturated carbocycles. The number of nitrogens with two attached hydrogens (primary N) is 1. The van der Waals surface area contributed by atoms with Gasteiger partial charge in [0.2, 0.25) is 0 Å². The molecule has 0 saturated heterocycles. The fourth-order valence-corrected chi connectivity index (χ4v) is 4.39. The fraction of sp³-hybridized carbons (Fsp3) is 0.588.